The molecule has 0 saturated carbocycles. The normalized spacial score (nSPS) is 20.6. The minimum absolute atomic E-state index is 0.640. The highest BCUT2D eigenvalue weighted by Crippen LogP contribution is 2.22. The molecule has 1 N–H and O–H groups in total. The van der Waals surface area contributed by atoms with Crippen molar-refractivity contribution >= 4 is 23.4 Å². The zero-order valence-corrected chi connectivity index (χ0v) is 11.4. The molecule has 1 fully saturated rings. The van der Waals surface area contributed by atoms with Crippen molar-refractivity contribution in [3.05, 3.63) is 16.4 Å². The number of halogens is 1. The Morgan fingerprint density at radius 1 is 1.62 bits per heavy atom. The Morgan fingerprint density at radius 3 is 3.00 bits per heavy atom. The fourth-order valence-corrected chi connectivity index (χ4v) is 3.50. The quantitative estimate of drug-likeness (QED) is 0.899. The Balaban J connectivity index is 2.00. The fraction of sp³-hybridized carbons (Fsp3) is 0.727. The Morgan fingerprint density at radius 2 is 2.44 bits per heavy atom. The third-order valence-corrected chi connectivity index (χ3v) is 4.59. The van der Waals surface area contributed by atoms with Gasteiger partial charge in [-0.2, -0.15) is 16.9 Å². The van der Waals surface area contributed by atoms with Crippen LogP contribution in [0.2, 0.25) is 5.02 Å². The minimum Gasteiger partial charge on any atom is -0.307 e. The van der Waals surface area contributed by atoms with Crippen LogP contribution in [0.3, 0.4) is 0 Å². The largest absolute Gasteiger partial charge is 0.307 e. The first-order valence-corrected chi connectivity index (χ1v) is 7.27. The van der Waals surface area contributed by atoms with Gasteiger partial charge in [0.25, 0.3) is 0 Å². The Kier molecular flexibility index (Phi) is 4.16. The van der Waals surface area contributed by atoms with Crippen LogP contribution in [-0.2, 0) is 20.0 Å². The van der Waals surface area contributed by atoms with Gasteiger partial charge in [0.15, 0.2) is 0 Å². The molecule has 1 aromatic rings. The van der Waals surface area contributed by atoms with Gasteiger partial charge in [-0.15, -0.1) is 0 Å². The molecule has 2 heterocycles. The van der Waals surface area contributed by atoms with Crippen LogP contribution in [0.25, 0.3) is 0 Å². The lowest BCUT2D eigenvalue weighted by molar-refractivity contribution is 0.536. The van der Waals surface area contributed by atoms with E-state index >= 15 is 0 Å². The fourth-order valence-electron chi connectivity index (χ4n) is 1.95. The van der Waals surface area contributed by atoms with Gasteiger partial charge in [0, 0.05) is 25.4 Å². The number of aromatic nitrogens is 2. The summed E-state index contributed by atoms with van der Waals surface area (Å²) < 4.78 is 1.90. The molecule has 2 rings (SSSR count). The number of rotatable bonds is 4. The summed E-state index contributed by atoms with van der Waals surface area (Å²) in [6.45, 7) is 2.91. The van der Waals surface area contributed by atoms with Gasteiger partial charge in [0.05, 0.1) is 16.4 Å². The number of hydrogen-bond donors (Lipinski definition) is 1. The first-order chi connectivity index (χ1) is 7.72. The number of thioether (sulfide) groups is 1. The van der Waals surface area contributed by atoms with E-state index in [1.165, 1.54) is 17.9 Å². The number of nitrogens with one attached hydrogen (secondary N) is 1. The molecular formula is C11H18ClN3S. The zero-order chi connectivity index (χ0) is 11.5. The number of hydrogen-bond acceptors (Lipinski definition) is 3. The molecule has 1 aliphatic rings. The molecule has 90 valence electrons. The van der Waals surface area contributed by atoms with Gasteiger partial charge in [-0.3, -0.25) is 4.68 Å². The monoisotopic (exact) mass is 259 g/mol. The summed E-state index contributed by atoms with van der Waals surface area (Å²) >= 11 is 8.30. The lowest BCUT2D eigenvalue weighted by atomic mass is 10.2. The maximum Gasteiger partial charge on any atom is 0.0863 e. The van der Waals surface area contributed by atoms with Crippen LogP contribution in [0.4, 0.5) is 0 Å². The minimum atomic E-state index is 0.640. The Hall–Kier alpha value is -0.190. The number of nitrogens with zero attached hydrogens (tertiary/aromatic N) is 2. The van der Waals surface area contributed by atoms with Crippen molar-refractivity contribution in [3.63, 3.8) is 0 Å². The molecule has 1 atom stereocenters. The summed E-state index contributed by atoms with van der Waals surface area (Å²) in [7, 11) is 1.96. The van der Waals surface area contributed by atoms with Gasteiger partial charge in [-0.05, 0) is 18.6 Å². The van der Waals surface area contributed by atoms with Crippen LogP contribution in [-0.4, -0.2) is 27.3 Å². The van der Waals surface area contributed by atoms with Crippen molar-refractivity contribution in [2.24, 2.45) is 7.05 Å². The molecule has 0 spiro atoms. The van der Waals surface area contributed by atoms with Crippen LogP contribution in [0.5, 0.6) is 0 Å². The predicted molar refractivity (Wildman–Crippen MR) is 70.2 cm³/mol. The van der Waals surface area contributed by atoms with Crippen LogP contribution >= 0.6 is 23.4 Å². The molecule has 0 aliphatic carbocycles. The first-order valence-electron chi connectivity index (χ1n) is 5.73. The second kappa shape index (κ2) is 5.43. The van der Waals surface area contributed by atoms with Crippen molar-refractivity contribution < 1.29 is 0 Å². The number of aryl methyl sites for hydroxylation is 2. The predicted octanol–water partition coefficient (Wildman–Crippen LogP) is 2.23. The van der Waals surface area contributed by atoms with Gasteiger partial charge in [-0.1, -0.05) is 18.5 Å². The van der Waals surface area contributed by atoms with E-state index in [-0.39, 0.29) is 0 Å². The third-order valence-electron chi connectivity index (χ3n) is 2.99. The van der Waals surface area contributed by atoms with Crippen LogP contribution < -0.4 is 5.32 Å². The molecule has 0 radical (unpaired) electrons. The van der Waals surface area contributed by atoms with Gasteiger partial charge in [-0.25, -0.2) is 0 Å². The highest BCUT2D eigenvalue weighted by molar-refractivity contribution is 7.99. The van der Waals surface area contributed by atoms with Crippen molar-refractivity contribution in [1.29, 1.82) is 0 Å². The van der Waals surface area contributed by atoms with Crippen molar-refractivity contribution in [2.75, 3.05) is 11.5 Å². The molecule has 16 heavy (non-hydrogen) atoms. The Labute approximate surface area is 106 Å². The zero-order valence-electron chi connectivity index (χ0n) is 9.79. The molecular weight excluding hydrogens is 242 g/mol. The second-order valence-electron chi connectivity index (χ2n) is 4.13. The summed E-state index contributed by atoms with van der Waals surface area (Å²) in [5, 5.41) is 8.80. The summed E-state index contributed by atoms with van der Waals surface area (Å²) in [4.78, 5) is 0. The van der Waals surface area contributed by atoms with E-state index in [4.69, 9.17) is 11.6 Å². The molecule has 0 bridgehead atoms. The lowest BCUT2D eigenvalue weighted by Crippen LogP contribution is -2.28. The lowest BCUT2D eigenvalue weighted by Gasteiger charge is -2.11. The Bertz CT molecular complexity index is 358. The molecule has 5 heteroatoms. The van der Waals surface area contributed by atoms with E-state index in [2.05, 4.69) is 17.3 Å². The molecule has 1 aromatic heterocycles. The summed E-state index contributed by atoms with van der Waals surface area (Å²) in [6.07, 6.45) is 2.16. The van der Waals surface area contributed by atoms with Gasteiger partial charge in [0.2, 0.25) is 0 Å². The molecule has 1 unspecified atom stereocenters. The van der Waals surface area contributed by atoms with E-state index in [1.54, 1.807) is 0 Å². The smallest absolute Gasteiger partial charge is 0.0863 e. The first kappa shape index (κ1) is 12.3. The van der Waals surface area contributed by atoms with E-state index in [0.29, 0.717) is 6.04 Å². The SMILES string of the molecule is CCc1nn(C)c(CNC2CCSC2)c1Cl. The highest BCUT2D eigenvalue weighted by atomic mass is 35.5. The second-order valence-corrected chi connectivity index (χ2v) is 5.65. The molecule has 3 nitrogen and oxygen atoms in total. The molecule has 0 aromatic carbocycles. The summed E-state index contributed by atoms with van der Waals surface area (Å²) in [5.74, 6) is 2.49. The average molecular weight is 260 g/mol. The average Bonchev–Trinajstić information content (AvgIpc) is 2.86. The third kappa shape index (κ3) is 2.55. The molecule has 0 amide bonds. The van der Waals surface area contributed by atoms with Crippen LogP contribution in [0.15, 0.2) is 0 Å². The van der Waals surface area contributed by atoms with Gasteiger partial charge >= 0.3 is 0 Å². The van der Waals surface area contributed by atoms with Crippen LogP contribution in [0.1, 0.15) is 24.7 Å². The molecule has 1 saturated heterocycles. The molecule has 1 aliphatic heterocycles. The summed E-state index contributed by atoms with van der Waals surface area (Å²) in [5.41, 5.74) is 2.11. The maximum absolute atomic E-state index is 6.29. The van der Waals surface area contributed by atoms with Crippen molar-refractivity contribution in [2.45, 2.75) is 32.4 Å². The maximum atomic E-state index is 6.29. The van der Waals surface area contributed by atoms with Gasteiger partial charge in [0.1, 0.15) is 0 Å². The standard InChI is InChI=1S/C11H18ClN3S/c1-3-9-11(12)10(15(2)14-9)6-13-8-4-5-16-7-8/h8,13H,3-7H2,1-2H3. The van der Waals surface area contributed by atoms with Crippen molar-refractivity contribution in [3.8, 4) is 0 Å². The van der Waals surface area contributed by atoms with Crippen molar-refractivity contribution in [1.82, 2.24) is 15.1 Å². The van der Waals surface area contributed by atoms with E-state index in [9.17, 15) is 0 Å². The highest BCUT2D eigenvalue weighted by Gasteiger charge is 2.17. The van der Waals surface area contributed by atoms with E-state index in [0.717, 1.165) is 29.4 Å². The van der Waals surface area contributed by atoms with E-state index < -0.39 is 0 Å². The van der Waals surface area contributed by atoms with Gasteiger partial charge < -0.3 is 5.32 Å². The van der Waals surface area contributed by atoms with E-state index in [1.807, 2.05) is 23.5 Å². The topological polar surface area (TPSA) is 29.9 Å². The summed E-state index contributed by atoms with van der Waals surface area (Å²) in [6, 6.07) is 0.640. The van der Waals surface area contributed by atoms with Crippen LogP contribution in [0, 0.1) is 0 Å².